The second kappa shape index (κ2) is 11.6. The highest BCUT2D eigenvalue weighted by Crippen LogP contribution is 2.08. The fourth-order valence-electron chi connectivity index (χ4n) is 2.15. The van der Waals surface area contributed by atoms with Crippen LogP contribution in [0.2, 0.25) is 0 Å². The molecule has 0 unspecified atom stereocenters. The molecule has 0 spiro atoms. The highest BCUT2D eigenvalue weighted by molar-refractivity contribution is 5.85. The molecule has 120 valence electrons. The van der Waals surface area contributed by atoms with Crippen LogP contribution in [-0.2, 0) is 11.2 Å². The second-order valence-electron chi connectivity index (χ2n) is 5.46. The van der Waals surface area contributed by atoms with Gasteiger partial charge < -0.3 is 10.6 Å². The van der Waals surface area contributed by atoms with Crippen LogP contribution in [0.15, 0.2) is 24.3 Å². The second-order valence-corrected chi connectivity index (χ2v) is 5.46. The van der Waals surface area contributed by atoms with E-state index in [-0.39, 0.29) is 18.3 Å². The van der Waals surface area contributed by atoms with E-state index in [1.807, 2.05) is 0 Å². The number of nitrogens with one attached hydrogen (secondary N) is 2. The largest absolute Gasteiger partial charge is 0.355 e. The predicted octanol–water partition coefficient (Wildman–Crippen LogP) is 3.24. The molecule has 0 aliphatic carbocycles. The van der Waals surface area contributed by atoms with Gasteiger partial charge in [0.2, 0.25) is 5.91 Å². The SMILES string of the molecule is CCN[C@H](C)CNC(=O)CCCCc1ccc(C)cc1.Cl. The standard InChI is InChI=1S/C17H28N2O.ClH/c1-4-18-15(3)13-19-17(20)8-6-5-7-16-11-9-14(2)10-12-16;/h9-12,15,18H,4-8,13H2,1-3H3,(H,19,20);1H/t15-;/m1./s1. The number of unbranched alkanes of at least 4 members (excludes halogenated alkanes) is 1. The van der Waals surface area contributed by atoms with Gasteiger partial charge in [-0.1, -0.05) is 36.8 Å². The van der Waals surface area contributed by atoms with Crippen molar-refractivity contribution in [2.75, 3.05) is 13.1 Å². The summed E-state index contributed by atoms with van der Waals surface area (Å²) >= 11 is 0. The van der Waals surface area contributed by atoms with Gasteiger partial charge in [0.15, 0.2) is 0 Å². The maximum Gasteiger partial charge on any atom is 0.220 e. The quantitative estimate of drug-likeness (QED) is 0.687. The highest BCUT2D eigenvalue weighted by Gasteiger charge is 2.04. The number of halogens is 1. The van der Waals surface area contributed by atoms with Gasteiger partial charge in [0.05, 0.1) is 0 Å². The van der Waals surface area contributed by atoms with Gasteiger partial charge in [0, 0.05) is 19.0 Å². The first-order chi connectivity index (χ1) is 9.61. The molecule has 1 atom stereocenters. The van der Waals surface area contributed by atoms with E-state index in [0.717, 1.165) is 25.8 Å². The van der Waals surface area contributed by atoms with Gasteiger partial charge in [0.25, 0.3) is 0 Å². The molecule has 0 radical (unpaired) electrons. The molecule has 0 heterocycles. The maximum absolute atomic E-state index is 11.7. The van der Waals surface area contributed by atoms with E-state index in [9.17, 15) is 4.79 Å². The van der Waals surface area contributed by atoms with E-state index < -0.39 is 0 Å². The van der Waals surface area contributed by atoms with E-state index >= 15 is 0 Å². The Bertz CT molecular complexity index is 392. The van der Waals surface area contributed by atoms with Crippen molar-refractivity contribution >= 4 is 18.3 Å². The van der Waals surface area contributed by atoms with Crippen molar-refractivity contribution in [2.24, 2.45) is 0 Å². The average Bonchev–Trinajstić information content (AvgIpc) is 2.43. The molecule has 0 aliphatic heterocycles. The van der Waals surface area contributed by atoms with Gasteiger partial charge in [-0.15, -0.1) is 12.4 Å². The van der Waals surface area contributed by atoms with Gasteiger partial charge in [-0.2, -0.15) is 0 Å². The topological polar surface area (TPSA) is 41.1 Å². The van der Waals surface area contributed by atoms with Crippen molar-refractivity contribution in [2.45, 2.75) is 52.5 Å². The molecular formula is C17H29ClN2O. The van der Waals surface area contributed by atoms with Crippen molar-refractivity contribution in [1.29, 1.82) is 0 Å². The van der Waals surface area contributed by atoms with E-state index in [1.54, 1.807) is 0 Å². The van der Waals surface area contributed by atoms with Gasteiger partial charge in [-0.25, -0.2) is 0 Å². The van der Waals surface area contributed by atoms with Crippen LogP contribution in [0.4, 0.5) is 0 Å². The minimum atomic E-state index is 0. The summed E-state index contributed by atoms with van der Waals surface area (Å²) in [6.45, 7) is 7.91. The highest BCUT2D eigenvalue weighted by atomic mass is 35.5. The number of aryl methyl sites for hydroxylation is 2. The number of benzene rings is 1. The summed E-state index contributed by atoms with van der Waals surface area (Å²) in [6.07, 6.45) is 3.71. The number of carbonyl (C=O) groups excluding carboxylic acids is 1. The molecule has 1 rings (SSSR count). The summed E-state index contributed by atoms with van der Waals surface area (Å²) in [5.41, 5.74) is 2.65. The van der Waals surface area contributed by atoms with Crippen LogP contribution < -0.4 is 10.6 Å². The number of amides is 1. The lowest BCUT2D eigenvalue weighted by Gasteiger charge is -2.13. The van der Waals surface area contributed by atoms with Gasteiger partial charge >= 0.3 is 0 Å². The first kappa shape index (κ1) is 19.9. The van der Waals surface area contributed by atoms with Gasteiger partial charge in [-0.3, -0.25) is 4.79 Å². The monoisotopic (exact) mass is 312 g/mol. The fourth-order valence-corrected chi connectivity index (χ4v) is 2.15. The Morgan fingerprint density at radius 2 is 1.86 bits per heavy atom. The van der Waals surface area contributed by atoms with E-state index in [4.69, 9.17) is 0 Å². The minimum Gasteiger partial charge on any atom is -0.355 e. The van der Waals surface area contributed by atoms with Crippen LogP contribution >= 0.6 is 12.4 Å². The Labute approximate surface area is 135 Å². The molecule has 0 bridgehead atoms. The molecular weight excluding hydrogens is 284 g/mol. The molecule has 0 saturated carbocycles. The molecule has 0 aromatic heterocycles. The predicted molar refractivity (Wildman–Crippen MR) is 92.1 cm³/mol. The number of carbonyl (C=O) groups is 1. The zero-order valence-corrected chi connectivity index (χ0v) is 14.3. The Balaban J connectivity index is 0.00000400. The lowest BCUT2D eigenvalue weighted by atomic mass is 10.1. The molecule has 1 aromatic carbocycles. The fraction of sp³-hybridized carbons (Fsp3) is 0.588. The molecule has 3 nitrogen and oxygen atoms in total. The maximum atomic E-state index is 11.7. The molecule has 1 aromatic rings. The number of hydrogen-bond acceptors (Lipinski definition) is 2. The molecule has 0 fully saturated rings. The van der Waals surface area contributed by atoms with Crippen molar-refractivity contribution in [1.82, 2.24) is 10.6 Å². The lowest BCUT2D eigenvalue weighted by Crippen LogP contribution is -2.38. The number of hydrogen-bond donors (Lipinski definition) is 2. The lowest BCUT2D eigenvalue weighted by molar-refractivity contribution is -0.121. The Hall–Kier alpha value is -1.06. The molecule has 21 heavy (non-hydrogen) atoms. The summed E-state index contributed by atoms with van der Waals surface area (Å²) in [5.74, 6) is 0.165. The van der Waals surface area contributed by atoms with Crippen LogP contribution in [0.5, 0.6) is 0 Å². The van der Waals surface area contributed by atoms with Crippen molar-refractivity contribution < 1.29 is 4.79 Å². The number of likely N-dealkylation sites (N-methyl/N-ethyl adjacent to an activating group) is 1. The third-order valence-electron chi connectivity index (χ3n) is 3.40. The molecule has 4 heteroatoms. The minimum absolute atomic E-state index is 0. The summed E-state index contributed by atoms with van der Waals surface area (Å²) in [5, 5.41) is 6.25. The summed E-state index contributed by atoms with van der Waals surface area (Å²) < 4.78 is 0. The third-order valence-corrected chi connectivity index (χ3v) is 3.40. The van der Waals surface area contributed by atoms with Crippen molar-refractivity contribution in [3.63, 3.8) is 0 Å². The van der Waals surface area contributed by atoms with Crippen molar-refractivity contribution in [3.8, 4) is 0 Å². The molecule has 1 amide bonds. The smallest absolute Gasteiger partial charge is 0.220 e. The summed E-state index contributed by atoms with van der Waals surface area (Å²) in [7, 11) is 0. The Morgan fingerprint density at radius 3 is 2.48 bits per heavy atom. The van der Waals surface area contributed by atoms with Gasteiger partial charge in [-0.05, 0) is 45.2 Å². The van der Waals surface area contributed by atoms with E-state index in [1.165, 1.54) is 11.1 Å². The first-order valence-electron chi connectivity index (χ1n) is 7.67. The first-order valence-corrected chi connectivity index (χ1v) is 7.67. The molecule has 0 aliphatic rings. The molecule has 2 N–H and O–H groups in total. The van der Waals surface area contributed by atoms with Crippen molar-refractivity contribution in [3.05, 3.63) is 35.4 Å². The number of rotatable bonds is 9. The van der Waals surface area contributed by atoms with E-state index in [2.05, 4.69) is 55.7 Å². The van der Waals surface area contributed by atoms with E-state index in [0.29, 0.717) is 19.0 Å². The van der Waals surface area contributed by atoms with Crippen LogP contribution in [0.1, 0.15) is 44.2 Å². The summed E-state index contributed by atoms with van der Waals surface area (Å²) in [4.78, 5) is 11.7. The molecule has 0 saturated heterocycles. The normalized spacial score (nSPS) is 11.6. The van der Waals surface area contributed by atoms with Gasteiger partial charge in [0.1, 0.15) is 0 Å². The Kier molecular flexibility index (Phi) is 11.0. The zero-order chi connectivity index (χ0) is 14.8. The average molecular weight is 313 g/mol. The zero-order valence-electron chi connectivity index (χ0n) is 13.4. The Morgan fingerprint density at radius 1 is 1.19 bits per heavy atom. The third kappa shape index (κ3) is 9.48. The summed E-state index contributed by atoms with van der Waals surface area (Å²) in [6, 6.07) is 8.98. The van der Waals surface area contributed by atoms with Crippen LogP contribution in [0.3, 0.4) is 0 Å². The van der Waals surface area contributed by atoms with Crippen LogP contribution in [0.25, 0.3) is 0 Å². The van der Waals surface area contributed by atoms with Crippen LogP contribution in [-0.4, -0.2) is 25.0 Å². The van der Waals surface area contributed by atoms with Crippen LogP contribution in [0, 0.1) is 6.92 Å².